The Morgan fingerprint density at radius 3 is 2.73 bits per heavy atom. The molecule has 1 saturated carbocycles. The summed E-state index contributed by atoms with van der Waals surface area (Å²) in [7, 11) is 1.79. The predicted molar refractivity (Wildman–Crippen MR) is 51.1 cm³/mol. The number of alkyl halides is 1. The van der Waals surface area contributed by atoms with Gasteiger partial charge in [-0.1, -0.05) is 22.9 Å². The molecule has 0 N–H and O–H groups in total. The number of rotatable bonds is 3. The van der Waals surface area contributed by atoms with E-state index in [2.05, 4.69) is 22.9 Å². The van der Waals surface area contributed by atoms with Gasteiger partial charge in [-0.2, -0.15) is 0 Å². The van der Waals surface area contributed by atoms with Crippen LogP contribution in [0.3, 0.4) is 0 Å². The second-order valence-electron chi connectivity index (χ2n) is 3.60. The maximum atomic E-state index is 5.14. The van der Waals surface area contributed by atoms with Crippen LogP contribution >= 0.6 is 15.9 Å². The topological polar surface area (TPSA) is 9.23 Å². The fourth-order valence-corrected chi connectivity index (χ4v) is 2.62. The number of halogens is 1. The van der Waals surface area contributed by atoms with Crippen molar-refractivity contribution in [1.29, 1.82) is 0 Å². The van der Waals surface area contributed by atoms with Crippen LogP contribution in [0.25, 0.3) is 0 Å². The lowest BCUT2D eigenvalue weighted by Crippen LogP contribution is -2.13. The number of ether oxygens (including phenoxy) is 1. The van der Waals surface area contributed by atoms with Crippen LogP contribution in [-0.2, 0) is 4.74 Å². The fraction of sp³-hybridized carbons (Fsp3) is 1.00. The molecule has 1 aliphatic rings. The van der Waals surface area contributed by atoms with E-state index in [1.165, 1.54) is 19.3 Å². The molecule has 0 amide bonds. The third-order valence-electron chi connectivity index (χ3n) is 2.64. The van der Waals surface area contributed by atoms with Gasteiger partial charge in [-0.25, -0.2) is 0 Å². The molecule has 0 aromatic rings. The summed E-state index contributed by atoms with van der Waals surface area (Å²) in [5.41, 5.74) is 0. The Balaban J connectivity index is 2.25. The maximum Gasteiger partial charge on any atom is 0.0490 e. The first-order chi connectivity index (χ1) is 5.24. The molecule has 0 heterocycles. The van der Waals surface area contributed by atoms with Gasteiger partial charge >= 0.3 is 0 Å². The van der Waals surface area contributed by atoms with Crippen LogP contribution in [0.1, 0.15) is 26.2 Å². The predicted octanol–water partition coefficient (Wildman–Crippen LogP) is 2.83. The molecule has 0 aromatic carbocycles. The van der Waals surface area contributed by atoms with E-state index >= 15 is 0 Å². The van der Waals surface area contributed by atoms with Crippen LogP contribution in [0, 0.1) is 11.8 Å². The lowest BCUT2D eigenvalue weighted by atomic mass is 9.93. The smallest absolute Gasteiger partial charge is 0.0490 e. The summed E-state index contributed by atoms with van der Waals surface area (Å²) in [5.74, 6) is 1.63. The summed E-state index contributed by atoms with van der Waals surface area (Å²) in [6.07, 6.45) is 4.06. The van der Waals surface area contributed by atoms with Gasteiger partial charge in [0.15, 0.2) is 0 Å². The average Bonchev–Trinajstić information content (AvgIpc) is 2.36. The first kappa shape index (κ1) is 9.53. The summed E-state index contributed by atoms with van der Waals surface area (Å²) >= 11 is 3.66. The number of methoxy groups -OCH3 is 1. The van der Waals surface area contributed by atoms with Crippen molar-refractivity contribution in [2.24, 2.45) is 11.8 Å². The Bertz CT molecular complexity index is 116. The van der Waals surface area contributed by atoms with E-state index in [1.54, 1.807) is 7.11 Å². The summed E-state index contributed by atoms with van der Waals surface area (Å²) in [5, 5.41) is 0. The van der Waals surface area contributed by atoms with Crippen molar-refractivity contribution in [3.63, 3.8) is 0 Å². The molecule has 1 aliphatic carbocycles. The van der Waals surface area contributed by atoms with Gasteiger partial charge in [0.05, 0.1) is 0 Å². The molecule has 1 rings (SSSR count). The monoisotopic (exact) mass is 220 g/mol. The molecule has 0 aromatic heterocycles. The van der Waals surface area contributed by atoms with Gasteiger partial charge in [-0.05, 0) is 31.1 Å². The minimum atomic E-state index is 0.738. The van der Waals surface area contributed by atoms with Gasteiger partial charge in [0.25, 0.3) is 0 Å². The van der Waals surface area contributed by atoms with Crippen LogP contribution in [0.4, 0.5) is 0 Å². The minimum absolute atomic E-state index is 0.738. The lowest BCUT2D eigenvalue weighted by molar-refractivity contribution is 0.131. The van der Waals surface area contributed by atoms with Gasteiger partial charge in [0, 0.05) is 18.5 Å². The molecule has 0 radical (unpaired) electrons. The zero-order chi connectivity index (χ0) is 8.27. The molecule has 2 heteroatoms. The highest BCUT2D eigenvalue weighted by atomic mass is 79.9. The molecule has 0 spiro atoms. The second-order valence-corrected chi connectivity index (χ2v) is 4.90. The van der Waals surface area contributed by atoms with Crippen LogP contribution in [-0.4, -0.2) is 18.5 Å². The zero-order valence-electron chi connectivity index (χ0n) is 7.35. The van der Waals surface area contributed by atoms with Gasteiger partial charge in [-0.15, -0.1) is 0 Å². The molecule has 0 bridgehead atoms. The van der Waals surface area contributed by atoms with E-state index in [-0.39, 0.29) is 0 Å². The number of hydrogen-bond donors (Lipinski definition) is 0. The summed E-state index contributed by atoms with van der Waals surface area (Å²) in [6.45, 7) is 3.21. The first-order valence-corrected chi connectivity index (χ1v) is 5.28. The van der Waals surface area contributed by atoms with Gasteiger partial charge < -0.3 is 4.74 Å². The zero-order valence-corrected chi connectivity index (χ0v) is 8.93. The second kappa shape index (κ2) is 4.46. The molecular weight excluding hydrogens is 204 g/mol. The molecule has 0 saturated heterocycles. The molecule has 3 atom stereocenters. The molecule has 1 nitrogen and oxygen atoms in total. The van der Waals surface area contributed by atoms with Crippen LogP contribution in [0.15, 0.2) is 0 Å². The quantitative estimate of drug-likeness (QED) is 0.666. The van der Waals surface area contributed by atoms with Crippen LogP contribution < -0.4 is 0 Å². The van der Waals surface area contributed by atoms with E-state index in [1.807, 2.05) is 0 Å². The van der Waals surface area contributed by atoms with Gasteiger partial charge in [0.2, 0.25) is 0 Å². The molecule has 0 aliphatic heterocycles. The minimum Gasteiger partial charge on any atom is -0.384 e. The number of hydrogen-bond acceptors (Lipinski definition) is 1. The largest absolute Gasteiger partial charge is 0.384 e. The SMILES string of the molecule is COCC(C)C1CCC(Br)C1. The molecule has 1 fully saturated rings. The van der Waals surface area contributed by atoms with Crippen molar-refractivity contribution >= 4 is 15.9 Å². The highest BCUT2D eigenvalue weighted by Gasteiger charge is 2.26. The fourth-order valence-electron chi connectivity index (χ4n) is 1.87. The Kier molecular flexibility index (Phi) is 3.86. The molecule has 66 valence electrons. The third-order valence-corrected chi connectivity index (χ3v) is 3.48. The molecule has 11 heavy (non-hydrogen) atoms. The molecular formula is C9H17BrO. The standard InChI is InChI=1S/C9H17BrO/c1-7(6-11-2)8-3-4-9(10)5-8/h7-9H,3-6H2,1-2H3. The highest BCUT2D eigenvalue weighted by Crippen LogP contribution is 2.35. The van der Waals surface area contributed by atoms with Crippen molar-refractivity contribution in [2.45, 2.75) is 31.0 Å². The average molecular weight is 221 g/mol. The van der Waals surface area contributed by atoms with E-state index < -0.39 is 0 Å². The van der Waals surface area contributed by atoms with Crippen molar-refractivity contribution < 1.29 is 4.74 Å². The van der Waals surface area contributed by atoms with Crippen LogP contribution in [0.2, 0.25) is 0 Å². The normalized spacial score (nSPS) is 34.1. The third kappa shape index (κ3) is 2.75. The Morgan fingerprint density at radius 1 is 1.55 bits per heavy atom. The van der Waals surface area contributed by atoms with Crippen LogP contribution in [0.5, 0.6) is 0 Å². The first-order valence-electron chi connectivity index (χ1n) is 4.37. The van der Waals surface area contributed by atoms with E-state index in [0.717, 1.165) is 23.3 Å². The lowest BCUT2D eigenvalue weighted by Gasteiger charge is -2.17. The van der Waals surface area contributed by atoms with Crippen molar-refractivity contribution in [3.05, 3.63) is 0 Å². The summed E-state index contributed by atoms with van der Waals surface area (Å²) in [4.78, 5) is 0.770. The van der Waals surface area contributed by atoms with E-state index in [4.69, 9.17) is 4.74 Å². The van der Waals surface area contributed by atoms with E-state index in [9.17, 15) is 0 Å². The molecule has 3 unspecified atom stereocenters. The van der Waals surface area contributed by atoms with Crippen molar-refractivity contribution in [2.75, 3.05) is 13.7 Å². The Hall–Kier alpha value is 0.440. The van der Waals surface area contributed by atoms with Crippen molar-refractivity contribution in [3.8, 4) is 0 Å². The van der Waals surface area contributed by atoms with Gasteiger partial charge in [0.1, 0.15) is 0 Å². The summed E-state index contributed by atoms with van der Waals surface area (Å²) in [6, 6.07) is 0. The highest BCUT2D eigenvalue weighted by molar-refractivity contribution is 9.09. The Morgan fingerprint density at radius 2 is 2.27 bits per heavy atom. The maximum absolute atomic E-state index is 5.14. The summed E-state index contributed by atoms with van der Waals surface area (Å²) < 4.78 is 5.14. The Labute approximate surface area is 77.6 Å². The van der Waals surface area contributed by atoms with Gasteiger partial charge in [-0.3, -0.25) is 0 Å². The van der Waals surface area contributed by atoms with Crippen molar-refractivity contribution in [1.82, 2.24) is 0 Å². The van der Waals surface area contributed by atoms with E-state index in [0.29, 0.717) is 0 Å².